The zero-order chi connectivity index (χ0) is 23.2. The number of anilines is 1. The first-order chi connectivity index (χ1) is 14.2. The number of ether oxygens (including phenoxy) is 2. The molecule has 8 nitrogen and oxygen atoms in total. The summed E-state index contributed by atoms with van der Waals surface area (Å²) < 4.78 is 23.2. The van der Waals surface area contributed by atoms with Crippen LogP contribution < -0.4 is 20.4 Å². The third kappa shape index (κ3) is 4.98. The quantitative estimate of drug-likeness (QED) is 0.737. The molecule has 2 amide bonds. The molecule has 1 N–H and O–H groups in total. The van der Waals surface area contributed by atoms with Crippen molar-refractivity contribution < 1.29 is 28.4 Å². The standard InChI is InChI=1S/C22H33BN2O6/c1-20(2,3)29-19(27)24-14-11-18(26)25(13-14)15-9-10-16(17(12-15)28-8)23-30-21(4,5)22(6,7)31-23/h9-10,12,14H,11,13H2,1-8H3,(H,24,27)/t14-/m0/s1. The van der Waals surface area contributed by atoms with Crippen LogP contribution in [0.5, 0.6) is 5.75 Å². The van der Waals surface area contributed by atoms with Gasteiger partial charge < -0.3 is 29.0 Å². The van der Waals surface area contributed by atoms with Crippen LogP contribution >= 0.6 is 0 Å². The maximum absolute atomic E-state index is 12.6. The molecule has 0 unspecified atom stereocenters. The minimum absolute atomic E-state index is 0.0773. The summed E-state index contributed by atoms with van der Waals surface area (Å²) in [6, 6.07) is 5.18. The lowest BCUT2D eigenvalue weighted by molar-refractivity contribution is -0.117. The molecule has 1 atom stereocenters. The molecular weight excluding hydrogens is 399 g/mol. The minimum Gasteiger partial charge on any atom is -0.497 e. The lowest BCUT2D eigenvalue weighted by Crippen LogP contribution is -2.41. The molecule has 170 valence electrons. The zero-order valence-corrected chi connectivity index (χ0v) is 19.7. The smallest absolute Gasteiger partial charge is 0.497 e. The number of alkyl carbamates (subject to hydrolysis) is 1. The third-order valence-electron chi connectivity index (χ3n) is 5.88. The zero-order valence-electron chi connectivity index (χ0n) is 19.7. The summed E-state index contributed by atoms with van der Waals surface area (Å²) in [5, 5.41) is 2.77. The van der Waals surface area contributed by atoms with Crippen molar-refractivity contribution in [2.75, 3.05) is 18.6 Å². The van der Waals surface area contributed by atoms with E-state index in [1.807, 2.05) is 39.8 Å². The van der Waals surface area contributed by atoms with E-state index in [9.17, 15) is 9.59 Å². The summed E-state index contributed by atoms with van der Waals surface area (Å²) in [4.78, 5) is 26.3. The van der Waals surface area contributed by atoms with Gasteiger partial charge in [0.2, 0.25) is 5.91 Å². The molecule has 2 aliphatic rings. The second-order valence-corrected chi connectivity index (χ2v) is 10.1. The second-order valence-electron chi connectivity index (χ2n) is 10.1. The maximum atomic E-state index is 12.6. The summed E-state index contributed by atoms with van der Waals surface area (Å²) in [5.74, 6) is 0.499. The molecule has 9 heteroatoms. The van der Waals surface area contributed by atoms with Crippen LogP contribution in [-0.4, -0.2) is 55.6 Å². The van der Waals surface area contributed by atoms with Crippen LogP contribution in [0.25, 0.3) is 0 Å². The van der Waals surface area contributed by atoms with E-state index in [1.165, 1.54) is 0 Å². The highest BCUT2D eigenvalue weighted by Gasteiger charge is 2.52. The van der Waals surface area contributed by atoms with E-state index in [2.05, 4.69) is 5.32 Å². The summed E-state index contributed by atoms with van der Waals surface area (Å²) in [6.07, 6.45) is -0.318. The Balaban J connectivity index is 1.74. The van der Waals surface area contributed by atoms with Gasteiger partial charge in [-0.25, -0.2) is 4.79 Å². The molecule has 2 aliphatic heterocycles. The number of nitrogens with zero attached hydrogens (tertiary/aromatic N) is 1. The van der Waals surface area contributed by atoms with E-state index < -0.39 is 30.0 Å². The average Bonchev–Trinajstić information content (AvgIpc) is 3.08. The minimum atomic E-state index is -0.594. The van der Waals surface area contributed by atoms with Crippen LogP contribution in [0.2, 0.25) is 0 Å². The third-order valence-corrected chi connectivity index (χ3v) is 5.88. The monoisotopic (exact) mass is 432 g/mol. The van der Waals surface area contributed by atoms with Gasteiger partial charge in [-0.1, -0.05) is 6.07 Å². The highest BCUT2D eigenvalue weighted by molar-refractivity contribution is 6.63. The van der Waals surface area contributed by atoms with Crippen molar-refractivity contribution in [3.05, 3.63) is 18.2 Å². The van der Waals surface area contributed by atoms with Crippen molar-refractivity contribution in [3.63, 3.8) is 0 Å². The lowest BCUT2D eigenvalue weighted by Gasteiger charge is -2.32. The van der Waals surface area contributed by atoms with E-state index in [0.29, 0.717) is 18.0 Å². The SMILES string of the molecule is COc1cc(N2C[C@@H](NC(=O)OC(C)(C)C)CC2=O)ccc1B1OC(C)(C)C(C)(C)O1. The molecule has 31 heavy (non-hydrogen) atoms. The fourth-order valence-corrected chi connectivity index (χ4v) is 3.56. The highest BCUT2D eigenvalue weighted by Crippen LogP contribution is 2.37. The molecule has 2 heterocycles. The first-order valence-corrected chi connectivity index (χ1v) is 10.6. The number of methoxy groups -OCH3 is 1. The van der Waals surface area contributed by atoms with Crippen LogP contribution in [0.1, 0.15) is 54.9 Å². The predicted octanol–water partition coefficient (Wildman–Crippen LogP) is 2.62. The molecule has 1 aromatic carbocycles. The largest absolute Gasteiger partial charge is 0.498 e. The first-order valence-electron chi connectivity index (χ1n) is 10.6. The number of benzene rings is 1. The summed E-state index contributed by atoms with van der Waals surface area (Å²) in [7, 11) is 1.01. The first kappa shape index (κ1) is 23.4. The normalized spacial score (nSPS) is 22.6. The molecule has 0 saturated carbocycles. The van der Waals surface area contributed by atoms with E-state index in [4.69, 9.17) is 18.8 Å². The van der Waals surface area contributed by atoms with Crippen molar-refractivity contribution in [3.8, 4) is 5.75 Å². The fourth-order valence-electron chi connectivity index (χ4n) is 3.56. The number of carbonyl (C=O) groups excluding carboxylic acids is 2. The Morgan fingerprint density at radius 3 is 2.35 bits per heavy atom. The van der Waals surface area contributed by atoms with Crippen LogP contribution in [0, 0.1) is 0 Å². The van der Waals surface area contributed by atoms with Gasteiger partial charge in [0.25, 0.3) is 0 Å². The van der Waals surface area contributed by atoms with Crippen molar-refractivity contribution in [2.45, 2.75) is 77.7 Å². The Morgan fingerprint density at radius 2 is 1.81 bits per heavy atom. The van der Waals surface area contributed by atoms with Gasteiger partial charge in [0.1, 0.15) is 11.4 Å². The van der Waals surface area contributed by atoms with Crippen molar-refractivity contribution in [2.24, 2.45) is 0 Å². The molecule has 0 aliphatic carbocycles. The van der Waals surface area contributed by atoms with Gasteiger partial charge >= 0.3 is 13.2 Å². The molecule has 2 saturated heterocycles. The highest BCUT2D eigenvalue weighted by atomic mass is 16.7. The number of amides is 2. The Morgan fingerprint density at radius 1 is 1.19 bits per heavy atom. The molecular formula is C22H33BN2O6. The van der Waals surface area contributed by atoms with Crippen LogP contribution in [0.15, 0.2) is 18.2 Å². The number of hydrogen-bond acceptors (Lipinski definition) is 6. The molecule has 0 radical (unpaired) electrons. The van der Waals surface area contributed by atoms with Gasteiger partial charge in [0, 0.05) is 30.2 Å². The summed E-state index contributed by atoms with van der Waals surface area (Å²) in [5.41, 5.74) is -0.0708. The topological polar surface area (TPSA) is 86.3 Å². The second kappa shape index (κ2) is 8.02. The van der Waals surface area contributed by atoms with Crippen LogP contribution in [0.4, 0.5) is 10.5 Å². The Kier molecular flexibility index (Phi) is 6.06. The average molecular weight is 432 g/mol. The number of hydrogen-bond donors (Lipinski definition) is 1. The Bertz CT molecular complexity index is 848. The van der Waals surface area contributed by atoms with Crippen molar-refractivity contribution in [1.82, 2.24) is 5.32 Å². The van der Waals surface area contributed by atoms with Crippen LogP contribution in [-0.2, 0) is 18.8 Å². The number of nitrogens with one attached hydrogen (secondary N) is 1. The van der Waals surface area contributed by atoms with E-state index in [0.717, 1.165) is 5.46 Å². The maximum Gasteiger partial charge on any atom is 0.498 e. The fraction of sp³-hybridized carbons (Fsp3) is 0.636. The van der Waals surface area contributed by atoms with Crippen molar-refractivity contribution >= 4 is 30.3 Å². The Labute approximate surface area is 184 Å². The van der Waals surface area contributed by atoms with Gasteiger partial charge in [-0.15, -0.1) is 0 Å². The van der Waals surface area contributed by atoms with E-state index in [1.54, 1.807) is 38.8 Å². The summed E-state index contributed by atoms with van der Waals surface area (Å²) >= 11 is 0. The van der Waals surface area contributed by atoms with E-state index in [-0.39, 0.29) is 18.4 Å². The molecule has 0 spiro atoms. The number of carbonyl (C=O) groups is 2. The van der Waals surface area contributed by atoms with Crippen LogP contribution in [0.3, 0.4) is 0 Å². The van der Waals surface area contributed by atoms with Crippen molar-refractivity contribution in [1.29, 1.82) is 0 Å². The summed E-state index contributed by atoms with van der Waals surface area (Å²) in [6.45, 7) is 13.7. The Hall–Kier alpha value is -2.26. The molecule has 0 bridgehead atoms. The lowest BCUT2D eigenvalue weighted by atomic mass is 9.78. The molecule has 1 aromatic rings. The van der Waals surface area contributed by atoms with Gasteiger partial charge in [-0.3, -0.25) is 4.79 Å². The molecule has 0 aromatic heterocycles. The van der Waals surface area contributed by atoms with Gasteiger partial charge in [-0.2, -0.15) is 0 Å². The van der Waals surface area contributed by atoms with E-state index >= 15 is 0 Å². The number of rotatable bonds is 4. The van der Waals surface area contributed by atoms with Gasteiger partial charge in [-0.05, 0) is 54.5 Å². The predicted molar refractivity (Wildman–Crippen MR) is 119 cm³/mol. The van der Waals surface area contributed by atoms with Gasteiger partial charge in [0.05, 0.1) is 24.4 Å². The molecule has 2 fully saturated rings. The molecule has 3 rings (SSSR count). The van der Waals surface area contributed by atoms with Gasteiger partial charge in [0.15, 0.2) is 0 Å².